The molecule has 0 saturated heterocycles. The van der Waals surface area contributed by atoms with E-state index in [0.717, 1.165) is 51.9 Å². The Kier molecular flexibility index (Phi) is 6.42. The summed E-state index contributed by atoms with van der Waals surface area (Å²) in [5.41, 5.74) is 0. The quantitative estimate of drug-likeness (QED) is 0.652. The standard InChI is InChI=1S/C12H23NO3/c1-2-16-9-3-8-13-11-6-4-10(5-7-11)12(14)15/h10-11,13H,2-9H2,1H3,(H,14,15). The summed E-state index contributed by atoms with van der Waals surface area (Å²) >= 11 is 0. The zero-order valence-corrected chi connectivity index (χ0v) is 10.1. The minimum atomic E-state index is -0.630. The molecule has 1 aliphatic carbocycles. The smallest absolute Gasteiger partial charge is 0.306 e. The molecule has 2 N–H and O–H groups in total. The molecule has 4 heteroatoms. The maximum absolute atomic E-state index is 10.8. The van der Waals surface area contributed by atoms with E-state index in [9.17, 15) is 4.79 Å². The third kappa shape index (κ3) is 4.94. The SMILES string of the molecule is CCOCCCNC1CCC(C(=O)O)CC1. The molecule has 4 nitrogen and oxygen atoms in total. The number of aliphatic carboxylic acids is 1. The summed E-state index contributed by atoms with van der Waals surface area (Å²) in [6, 6.07) is 0.511. The highest BCUT2D eigenvalue weighted by Gasteiger charge is 2.25. The Morgan fingerprint density at radius 1 is 1.38 bits per heavy atom. The van der Waals surface area contributed by atoms with Crippen molar-refractivity contribution in [3.63, 3.8) is 0 Å². The molecule has 0 aromatic carbocycles. The van der Waals surface area contributed by atoms with Gasteiger partial charge in [0.25, 0.3) is 0 Å². The molecule has 1 rings (SSSR count). The summed E-state index contributed by atoms with van der Waals surface area (Å²) in [6.07, 6.45) is 4.65. The first kappa shape index (κ1) is 13.5. The van der Waals surface area contributed by atoms with Crippen molar-refractivity contribution in [2.75, 3.05) is 19.8 Å². The van der Waals surface area contributed by atoms with E-state index in [1.54, 1.807) is 0 Å². The molecule has 1 saturated carbocycles. The van der Waals surface area contributed by atoms with Crippen molar-refractivity contribution in [3.05, 3.63) is 0 Å². The maximum Gasteiger partial charge on any atom is 0.306 e. The highest BCUT2D eigenvalue weighted by Crippen LogP contribution is 2.24. The van der Waals surface area contributed by atoms with Crippen LogP contribution in [0.25, 0.3) is 0 Å². The third-order valence-electron chi connectivity index (χ3n) is 3.18. The number of hydrogen-bond donors (Lipinski definition) is 2. The molecule has 0 aromatic heterocycles. The molecule has 1 fully saturated rings. The van der Waals surface area contributed by atoms with Crippen molar-refractivity contribution in [1.29, 1.82) is 0 Å². The summed E-state index contributed by atoms with van der Waals surface area (Å²) in [5.74, 6) is -0.740. The Morgan fingerprint density at radius 2 is 2.06 bits per heavy atom. The fraction of sp³-hybridized carbons (Fsp3) is 0.917. The number of nitrogens with one attached hydrogen (secondary N) is 1. The third-order valence-corrected chi connectivity index (χ3v) is 3.18. The van der Waals surface area contributed by atoms with Gasteiger partial charge in [-0.1, -0.05) is 0 Å². The minimum Gasteiger partial charge on any atom is -0.481 e. The predicted octanol–water partition coefficient (Wildman–Crippen LogP) is 1.65. The molecular formula is C12H23NO3. The van der Waals surface area contributed by atoms with E-state index in [0.29, 0.717) is 6.04 Å². The summed E-state index contributed by atoms with van der Waals surface area (Å²) < 4.78 is 5.25. The first-order valence-electron chi connectivity index (χ1n) is 6.28. The topological polar surface area (TPSA) is 58.6 Å². The number of carboxylic acids is 1. The summed E-state index contributed by atoms with van der Waals surface area (Å²) in [6.45, 7) is 4.57. The van der Waals surface area contributed by atoms with Gasteiger partial charge in [-0.25, -0.2) is 0 Å². The molecule has 0 amide bonds. The van der Waals surface area contributed by atoms with Crippen LogP contribution < -0.4 is 5.32 Å². The van der Waals surface area contributed by atoms with E-state index in [1.165, 1.54) is 0 Å². The lowest BCUT2D eigenvalue weighted by molar-refractivity contribution is -0.142. The Balaban J connectivity index is 2.02. The van der Waals surface area contributed by atoms with Crippen LogP contribution >= 0.6 is 0 Å². The van der Waals surface area contributed by atoms with Gasteiger partial charge in [-0.2, -0.15) is 0 Å². The predicted molar refractivity (Wildman–Crippen MR) is 62.5 cm³/mol. The lowest BCUT2D eigenvalue weighted by atomic mass is 9.86. The normalized spacial score (nSPS) is 25.6. The van der Waals surface area contributed by atoms with Crippen LogP contribution in [0.3, 0.4) is 0 Å². The summed E-state index contributed by atoms with van der Waals surface area (Å²) in [7, 11) is 0. The largest absolute Gasteiger partial charge is 0.481 e. The van der Waals surface area contributed by atoms with E-state index >= 15 is 0 Å². The zero-order chi connectivity index (χ0) is 11.8. The number of carbonyl (C=O) groups is 1. The van der Waals surface area contributed by atoms with Crippen LogP contribution in [-0.2, 0) is 9.53 Å². The Hall–Kier alpha value is -0.610. The molecule has 0 aromatic rings. The molecule has 0 radical (unpaired) electrons. The number of hydrogen-bond acceptors (Lipinski definition) is 3. The van der Waals surface area contributed by atoms with Gasteiger partial charge in [0.1, 0.15) is 0 Å². The second-order valence-corrected chi connectivity index (χ2v) is 4.39. The van der Waals surface area contributed by atoms with E-state index in [-0.39, 0.29) is 5.92 Å². The van der Waals surface area contributed by atoms with Crippen molar-refractivity contribution < 1.29 is 14.6 Å². The molecule has 0 aliphatic heterocycles. The van der Waals surface area contributed by atoms with Gasteiger partial charge in [0.05, 0.1) is 5.92 Å². The average molecular weight is 229 g/mol. The van der Waals surface area contributed by atoms with Crippen molar-refractivity contribution in [2.24, 2.45) is 5.92 Å². The average Bonchev–Trinajstić information content (AvgIpc) is 2.29. The van der Waals surface area contributed by atoms with E-state index in [1.807, 2.05) is 6.92 Å². The van der Waals surface area contributed by atoms with Crippen molar-refractivity contribution in [2.45, 2.75) is 45.1 Å². The summed E-state index contributed by atoms with van der Waals surface area (Å²) in [5, 5.41) is 12.3. The van der Waals surface area contributed by atoms with Gasteiger partial charge >= 0.3 is 5.97 Å². The number of carboxylic acid groups (broad SMARTS) is 1. The lowest BCUT2D eigenvalue weighted by Crippen LogP contribution is -2.35. The van der Waals surface area contributed by atoms with Gasteiger partial charge in [-0.3, -0.25) is 4.79 Å². The Bertz CT molecular complexity index is 200. The fourth-order valence-electron chi connectivity index (χ4n) is 2.17. The first-order chi connectivity index (χ1) is 7.74. The van der Waals surface area contributed by atoms with Gasteiger partial charge in [-0.05, 0) is 45.6 Å². The van der Waals surface area contributed by atoms with Crippen LogP contribution in [-0.4, -0.2) is 36.9 Å². The van der Waals surface area contributed by atoms with Crippen molar-refractivity contribution in [3.8, 4) is 0 Å². The second kappa shape index (κ2) is 7.63. The van der Waals surface area contributed by atoms with Gasteiger partial charge in [0, 0.05) is 19.3 Å². The number of ether oxygens (including phenoxy) is 1. The lowest BCUT2D eigenvalue weighted by Gasteiger charge is -2.26. The van der Waals surface area contributed by atoms with Crippen LogP contribution in [0, 0.1) is 5.92 Å². The molecule has 16 heavy (non-hydrogen) atoms. The molecule has 1 aliphatic rings. The van der Waals surface area contributed by atoms with E-state index < -0.39 is 5.97 Å². The molecule has 0 bridgehead atoms. The fourth-order valence-corrected chi connectivity index (χ4v) is 2.17. The van der Waals surface area contributed by atoms with E-state index in [2.05, 4.69) is 5.32 Å². The summed E-state index contributed by atoms with van der Waals surface area (Å²) in [4.78, 5) is 10.8. The molecule has 94 valence electrons. The minimum absolute atomic E-state index is 0.110. The van der Waals surface area contributed by atoms with Crippen LogP contribution in [0.5, 0.6) is 0 Å². The first-order valence-corrected chi connectivity index (χ1v) is 6.28. The van der Waals surface area contributed by atoms with E-state index in [4.69, 9.17) is 9.84 Å². The molecule has 0 atom stereocenters. The van der Waals surface area contributed by atoms with Gasteiger partial charge in [-0.15, -0.1) is 0 Å². The van der Waals surface area contributed by atoms with Crippen LogP contribution in [0.2, 0.25) is 0 Å². The van der Waals surface area contributed by atoms with Gasteiger partial charge < -0.3 is 15.2 Å². The Labute approximate surface area is 97.4 Å². The molecule has 0 spiro atoms. The highest BCUT2D eigenvalue weighted by atomic mass is 16.5. The van der Waals surface area contributed by atoms with Gasteiger partial charge in [0.2, 0.25) is 0 Å². The molecule has 0 unspecified atom stereocenters. The molecule has 0 heterocycles. The van der Waals surface area contributed by atoms with Crippen molar-refractivity contribution in [1.82, 2.24) is 5.32 Å². The Morgan fingerprint density at radius 3 is 2.62 bits per heavy atom. The highest BCUT2D eigenvalue weighted by molar-refractivity contribution is 5.70. The van der Waals surface area contributed by atoms with Crippen LogP contribution in [0.4, 0.5) is 0 Å². The monoisotopic (exact) mass is 229 g/mol. The van der Waals surface area contributed by atoms with Crippen LogP contribution in [0.1, 0.15) is 39.0 Å². The van der Waals surface area contributed by atoms with Crippen LogP contribution in [0.15, 0.2) is 0 Å². The van der Waals surface area contributed by atoms with Crippen molar-refractivity contribution >= 4 is 5.97 Å². The maximum atomic E-state index is 10.8. The number of rotatable bonds is 7. The zero-order valence-electron chi connectivity index (χ0n) is 10.1. The van der Waals surface area contributed by atoms with Gasteiger partial charge in [0.15, 0.2) is 0 Å². The second-order valence-electron chi connectivity index (χ2n) is 4.39. The molecular weight excluding hydrogens is 206 g/mol.